The summed E-state index contributed by atoms with van der Waals surface area (Å²) in [6.07, 6.45) is 0.250. The van der Waals surface area contributed by atoms with Gasteiger partial charge in [-0.25, -0.2) is 4.39 Å². The van der Waals surface area contributed by atoms with Gasteiger partial charge in [0.15, 0.2) is 5.82 Å². The fraction of sp³-hybridized carbons (Fsp3) is 0.300. The third-order valence-corrected chi connectivity index (χ3v) is 2.88. The van der Waals surface area contributed by atoms with Gasteiger partial charge in [-0.3, -0.25) is 14.9 Å². The lowest BCUT2D eigenvalue weighted by Gasteiger charge is -2.16. The molecule has 90 valence electrons. The van der Waals surface area contributed by atoms with Crippen molar-refractivity contribution in [2.75, 3.05) is 11.4 Å². The van der Waals surface area contributed by atoms with Crippen LogP contribution in [0.3, 0.4) is 0 Å². The summed E-state index contributed by atoms with van der Waals surface area (Å²) >= 11 is 4.16. The summed E-state index contributed by atoms with van der Waals surface area (Å²) in [7, 11) is 0. The lowest BCUT2D eigenvalue weighted by Crippen LogP contribution is -2.25. The van der Waals surface area contributed by atoms with Gasteiger partial charge >= 0.3 is 0 Å². The number of amides is 1. The van der Waals surface area contributed by atoms with Gasteiger partial charge in [0.05, 0.1) is 16.7 Å². The Bertz CT molecular complexity index is 494. The van der Waals surface area contributed by atoms with Crippen molar-refractivity contribution >= 4 is 29.9 Å². The number of non-ortho nitro benzene ring substituents is 1. The number of anilines is 1. The van der Waals surface area contributed by atoms with Crippen LogP contribution in [-0.2, 0) is 4.79 Å². The minimum absolute atomic E-state index is 0.0668. The van der Waals surface area contributed by atoms with Gasteiger partial charge in [0.2, 0.25) is 5.91 Å². The number of benzene rings is 1. The van der Waals surface area contributed by atoms with Crippen LogP contribution in [0.25, 0.3) is 0 Å². The summed E-state index contributed by atoms with van der Waals surface area (Å²) in [6.45, 7) is 0.316. The summed E-state index contributed by atoms with van der Waals surface area (Å²) in [5.41, 5.74) is -0.266. The molecule has 0 bridgehead atoms. The summed E-state index contributed by atoms with van der Waals surface area (Å²) in [4.78, 5) is 22.6. The quantitative estimate of drug-likeness (QED) is 0.498. The number of nitrogens with zero attached hydrogens (tertiary/aromatic N) is 2. The van der Waals surface area contributed by atoms with Crippen molar-refractivity contribution in [3.63, 3.8) is 0 Å². The maximum Gasteiger partial charge on any atom is 0.272 e. The van der Waals surface area contributed by atoms with E-state index >= 15 is 0 Å². The Balaban J connectivity index is 2.34. The van der Waals surface area contributed by atoms with E-state index in [4.69, 9.17) is 0 Å². The monoisotopic (exact) mass is 256 g/mol. The van der Waals surface area contributed by atoms with Crippen molar-refractivity contribution < 1.29 is 14.1 Å². The number of halogens is 1. The van der Waals surface area contributed by atoms with Crippen LogP contribution in [0, 0.1) is 15.9 Å². The third kappa shape index (κ3) is 2.23. The molecule has 0 radical (unpaired) electrons. The Morgan fingerprint density at radius 1 is 1.53 bits per heavy atom. The second-order valence-corrected chi connectivity index (χ2v) is 4.49. The standard InChI is InChI=1S/C10H9FN2O3S/c11-8-3-6(13(15)16)1-2-9(8)12-5-7(17)4-10(12)14/h1-3,7,17H,4-5H2. The van der Waals surface area contributed by atoms with Gasteiger partial charge in [0.1, 0.15) is 0 Å². The van der Waals surface area contributed by atoms with Crippen LogP contribution in [-0.4, -0.2) is 22.6 Å². The van der Waals surface area contributed by atoms with Gasteiger partial charge < -0.3 is 4.90 Å². The highest BCUT2D eigenvalue weighted by Crippen LogP contribution is 2.28. The molecule has 0 spiro atoms. The number of carbonyl (C=O) groups excluding carboxylic acids is 1. The number of carbonyl (C=O) groups is 1. The largest absolute Gasteiger partial charge is 0.309 e. The van der Waals surface area contributed by atoms with Crippen molar-refractivity contribution in [2.24, 2.45) is 0 Å². The highest BCUT2D eigenvalue weighted by molar-refractivity contribution is 7.81. The molecule has 1 aromatic rings. The van der Waals surface area contributed by atoms with Gasteiger partial charge in [-0.2, -0.15) is 12.6 Å². The lowest BCUT2D eigenvalue weighted by atomic mass is 10.2. The van der Waals surface area contributed by atoms with Crippen molar-refractivity contribution in [3.05, 3.63) is 34.1 Å². The van der Waals surface area contributed by atoms with Gasteiger partial charge in [0.25, 0.3) is 5.69 Å². The van der Waals surface area contributed by atoms with Crippen LogP contribution in [0.4, 0.5) is 15.8 Å². The predicted octanol–water partition coefficient (Wildman–Crippen LogP) is 1.77. The minimum atomic E-state index is -0.769. The molecule has 1 aliphatic heterocycles. The van der Waals surface area contributed by atoms with E-state index < -0.39 is 10.7 Å². The summed E-state index contributed by atoms with van der Waals surface area (Å²) in [5, 5.41) is 10.3. The molecule has 1 fully saturated rings. The molecule has 0 saturated carbocycles. The van der Waals surface area contributed by atoms with Gasteiger partial charge in [0, 0.05) is 24.3 Å². The molecule has 5 nitrogen and oxygen atoms in total. The lowest BCUT2D eigenvalue weighted by molar-refractivity contribution is -0.385. The normalized spacial score (nSPS) is 19.8. The van der Waals surface area contributed by atoms with Crippen LogP contribution in [0.1, 0.15) is 6.42 Å². The van der Waals surface area contributed by atoms with E-state index in [-0.39, 0.29) is 29.0 Å². The first-order valence-electron chi connectivity index (χ1n) is 4.91. The molecule has 1 amide bonds. The summed E-state index contributed by atoms with van der Waals surface area (Å²) < 4.78 is 13.6. The summed E-state index contributed by atoms with van der Waals surface area (Å²) in [5.74, 6) is -0.993. The number of nitro benzene ring substituents is 1. The highest BCUT2D eigenvalue weighted by atomic mass is 32.1. The van der Waals surface area contributed by atoms with E-state index in [1.54, 1.807) is 0 Å². The van der Waals surface area contributed by atoms with Crippen molar-refractivity contribution in [3.8, 4) is 0 Å². The smallest absolute Gasteiger partial charge is 0.272 e. The molecule has 17 heavy (non-hydrogen) atoms. The highest BCUT2D eigenvalue weighted by Gasteiger charge is 2.30. The second kappa shape index (κ2) is 4.33. The predicted molar refractivity (Wildman–Crippen MR) is 62.8 cm³/mol. The zero-order valence-corrected chi connectivity index (χ0v) is 9.56. The zero-order chi connectivity index (χ0) is 12.6. The van der Waals surface area contributed by atoms with E-state index in [0.29, 0.717) is 6.54 Å². The molecule has 1 aromatic carbocycles. The van der Waals surface area contributed by atoms with Crippen molar-refractivity contribution in [2.45, 2.75) is 11.7 Å². The number of nitro groups is 1. The molecule has 1 aliphatic rings. The van der Waals surface area contributed by atoms with Gasteiger partial charge in [-0.05, 0) is 6.07 Å². The van der Waals surface area contributed by atoms with Crippen LogP contribution >= 0.6 is 12.6 Å². The molecular formula is C10H9FN2O3S. The molecule has 7 heteroatoms. The first kappa shape index (κ1) is 11.8. The van der Waals surface area contributed by atoms with E-state index in [2.05, 4.69) is 12.6 Å². The molecule has 0 aromatic heterocycles. The van der Waals surface area contributed by atoms with Crippen LogP contribution in [0.5, 0.6) is 0 Å². The van der Waals surface area contributed by atoms with E-state index in [0.717, 1.165) is 6.07 Å². The molecule has 1 heterocycles. The second-order valence-electron chi connectivity index (χ2n) is 3.76. The maximum absolute atomic E-state index is 13.6. The van der Waals surface area contributed by atoms with E-state index in [1.807, 2.05) is 0 Å². The van der Waals surface area contributed by atoms with E-state index in [9.17, 15) is 19.3 Å². The Morgan fingerprint density at radius 2 is 2.24 bits per heavy atom. The minimum Gasteiger partial charge on any atom is -0.309 e. The first-order valence-corrected chi connectivity index (χ1v) is 5.43. The average molecular weight is 256 g/mol. The molecular weight excluding hydrogens is 247 g/mol. The maximum atomic E-state index is 13.6. The third-order valence-electron chi connectivity index (χ3n) is 2.54. The van der Waals surface area contributed by atoms with Gasteiger partial charge in [-0.1, -0.05) is 0 Å². The van der Waals surface area contributed by atoms with Crippen LogP contribution in [0.15, 0.2) is 18.2 Å². The van der Waals surface area contributed by atoms with Crippen molar-refractivity contribution in [1.29, 1.82) is 0 Å². The molecule has 0 N–H and O–H groups in total. The number of thiol groups is 1. The number of rotatable bonds is 2. The molecule has 1 unspecified atom stereocenters. The SMILES string of the molecule is O=C1CC(S)CN1c1ccc([N+](=O)[O-])cc1F. The number of hydrogen-bond acceptors (Lipinski definition) is 4. The Kier molecular flexibility index (Phi) is 3.01. The molecule has 1 saturated heterocycles. The average Bonchev–Trinajstić information content (AvgIpc) is 2.57. The first-order chi connectivity index (χ1) is 7.99. The Hall–Kier alpha value is -1.63. The molecule has 2 rings (SSSR count). The summed E-state index contributed by atoms with van der Waals surface area (Å²) in [6, 6.07) is 3.24. The van der Waals surface area contributed by atoms with Crippen LogP contribution in [0.2, 0.25) is 0 Å². The van der Waals surface area contributed by atoms with Crippen LogP contribution < -0.4 is 4.90 Å². The Labute approximate surface area is 102 Å². The Morgan fingerprint density at radius 3 is 2.71 bits per heavy atom. The van der Waals surface area contributed by atoms with E-state index in [1.165, 1.54) is 17.0 Å². The van der Waals surface area contributed by atoms with Gasteiger partial charge in [-0.15, -0.1) is 0 Å². The molecule has 0 aliphatic carbocycles. The topological polar surface area (TPSA) is 63.5 Å². The fourth-order valence-corrected chi connectivity index (χ4v) is 2.07. The molecule has 1 atom stereocenters. The number of hydrogen-bond donors (Lipinski definition) is 1. The zero-order valence-electron chi connectivity index (χ0n) is 8.67. The van der Waals surface area contributed by atoms with Crippen molar-refractivity contribution in [1.82, 2.24) is 0 Å². The fourth-order valence-electron chi connectivity index (χ4n) is 1.75.